The summed E-state index contributed by atoms with van der Waals surface area (Å²) in [6.07, 6.45) is 0.770. The predicted octanol–water partition coefficient (Wildman–Crippen LogP) is 3.36. The number of fused-ring (bicyclic) bond motifs is 1. The van der Waals surface area contributed by atoms with E-state index in [-0.39, 0.29) is 5.69 Å². The summed E-state index contributed by atoms with van der Waals surface area (Å²) in [5.41, 5.74) is 8.67. The predicted molar refractivity (Wildman–Crippen MR) is 109 cm³/mol. The minimum absolute atomic E-state index is 0.277. The Morgan fingerprint density at radius 3 is 2.61 bits per heavy atom. The fourth-order valence-electron chi connectivity index (χ4n) is 3.40. The number of hydrogen-bond donors (Lipinski definition) is 4. The van der Waals surface area contributed by atoms with Gasteiger partial charge in [0.1, 0.15) is 11.8 Å². The first-order chi connectivity index (χ1) is 13.6. The van der Waals surface area contributed by atoms with Crippen LogP contribution in [0, 0.1) is 0 Å². The Labute approximate surface area is 162 Å². The molecule has 4 aromatic rings. The number of aromatic nitrogens is 2. The van der Waals surface area contributed by atoms with Crippen molar-refractivity contribution in [2.24, 2.45) is 5.73 Å². The van der Waals surface area contributed by atoms with E-state index in [2.05, 4.69) is 15.5 Å². The normalized spacial score (nSPS) is 12.0. The number of aliphatic hydroxyl groups is 1. The Hall–Kier alpha value is -3.64. The molecule has 3 aromatic carbocycles. The van der Waals surface area contributed by atoms with Gasteiger partial charge in [0.2, 0.25) is 0 Å². The molecule has 5 N–H and O–H groups in total. The maximum absolute atomic E-state index is 11.5. The number of nitrogens with two attached hydrogens (primary N) is 1. The second kappa shape index (κ2) is 7.54. The lowest BCUT2D eigenvalue weighted by Crippen LogP contribution is -2.15. The van der Waals surface area contributed by atoms with Gasteiger partial charge in [-0.2, -0.15) is 5.10 Å². The van der Waals surface area contributed by atoms with Gasteiger partial charge in [-0.05, 0) is 22.4 Å². The van der Waals surface area contributed by atoms with Crippen molar-refractivity contribution < 1.29 is 9.90 Å². The van der Waals surface area contributed by atoms with E-state index in [1.807, 2.05) is 66.7 Å². The highest BCUT2D eigenvalue weighted by Crippen LogP contribution is 2.32. The van der Waals surface area contributed by atoms with Crippen LogP contribution in [-0.2, 0) is 6.54 Å². The van der Waals surface area contributed by atoms with Crippen LogP contribution in [0.4, 0.5) is 5.69 Å². The number of carbonyl (C=O) groups is 1. The molecule has 0 saturated carbocycles. The van der Waals surface area contributed by atoms with Crippen LogP contribution in [-0.4, -0.2) is 21.2 Å². The fourth-order valence-corrected chi connectivity index (χ4v) is 3.40. The molecule has 4 rings (SSSR count). The Balaban J connectivity index is 1.65. The van der Waals surface area contributed by atoms with Crippen molar-refractivity contribution in [3.8, 4) is 0 Å². The summed E-state index contributed by atoms with van der Waals surface area (Å²) in [4.78, 5) is 11.5. The molecular formula is C22H20N4O2. The number of hydrogen-bond acceptors (Lipinski definition) is 4. The van der Waals surface area contributed by atoms with Gasteiger partial charge in [-0.25, -0.2) is 0 Å². The molecule has 0 saturated heterocycles. The third-order valence-corrected chi connectivity index (χ3v) is 4.81. The van der Waals surface area contributed by atoms with Crippen molar-refractivity contribution >= 4 is 22.4 Å². The van der Waals surface area contributed by atoms with Gasteiger partial charge < -0.3 is 16.2 Å². The van der Waals surface area contributed by atoms with E-state index in [0.29, 0.717) is 12.1 Å². The number of rotatable bonds is 6. The molecule has 0 spiro atoms. The summed E-state index contributed by atoms with van der Waals surface area (Å²) in [6.45, 7) is 0.355. The average molecular weight is 372 g/mol. The van der Waals surface area contributed by atoms with Crippen molar-refractivity contribution in [2.75, 3.05) is 5.32 Å². The molecule has 1 heterocycles. The van der Waals surface area contributed by atoms with Crippen molar-refractivity contribution in [2.45, 2.75) is 12.6 Å². The third kappa shape index (κ3) is 3.33. The van der Waals surface area contributed by atoms with Gasteiger partial charge >= 0.3 is 0 Å². The van der Waals surface area contributed by atoms with Crippen LogP contribution in [0.15, 0.2) is 72.9 Å². The minimum atomic E-state index is -0.797. The summed E-state index contributed by atoms with van der Waals surface area (Å²) in [5.74, 6) is -0.557. The molecule has 1 atom stereocenters. The molecular weight excluding hydrogens is 352 g/mol. The number of H-pyrrole nitrogens is 1. The SMILES string of the molecule is NC(=O)c1[nH]ncc1CNc1ccccc1C(O)c1cccc2ccccc12. The molecule has 0 aliphatic carbocycles. The Kier molecular flexibility index (Phi) is 4.78. The van der Waals surface area contributed by atoms with E-state index >= 15 is 0 Å². The van der Waals surface area contributed by atoms with E-state index in [0.717, 1.165) is 27.6 Å². The van der Waals surface area contributed by atoms with Crippen LogP contribution in [0.2, 0.25) is 0 Å². The van der Waals surface area contributed by atoms with E-state index in [9.17, 15) is 9.90 Å². The van der Waals surface area contributed by atoms with E-state index < -0.39 is 12.0 Å². The molecule has 0 fully saturated rings. The highest BCUT2D eigenvalue weighted by Gasteiger charge is 2.17. The lowest BCUT2D eigenvalue weighted by molar-refractivity contribution is 0.0994. The van der Waals surface area contributed by atoms with Crippen molar-refractivity contribution in [3.63, 3.8) is 0 Å². The number of anilines is 1. The van der Waals surface area contributed by atoms with Crippen LogP contribution in [0.5, 0.6) is 0 Å². The smallest absolute Gasteiger partial charge is 0.267 e. The minimum Gasteiger partial charge on any atom is -0.384 e. The largest absolute Gasteiger partial charge is 0.384 e. The summed E-state index contributed by atoms with van der Waals surface area (Å²) < 4.78 is 0. The lowest BCUT2D eigenvalue weighted by Gasteiger charge is -2.18. The topological polar surface area (TPSA) is 104 Å². The molecule has 0 bridgehead atoms. The highest BCUT2D eigenvalue weighted by atomic mass is 16.3. The maximum Gasteiger partial charge on any atom is 0.267 e. The van der Waals surface area contributed by atoms with Gasteiger partial charge in [0.05, 0.1) is 6.20 Å². The number of benzene rings is 3. The number of primary amides is 1. The number of amides is 1. The van der Waals surface area contributed by atoms with Crippen LogP contribution >= 0.6 is 0 Å². The fraction of sp³-hybridized carbons (Fsp3) is 0.0909. The van der Waals surface area contributed by atoms with Gasteiger partial charge in [0.25, 0.3) is 5.91 Å². The summed E-state index contributed by atoms with van der Waals surface area (Å²) in [6, 6.07) is 21.5. The number of nitrogens with zero attached hydrogens (tertiary/aromatic N) is 1. The first-order valence-corrected chi connectivity index (χ1v) is 8.95. The molecule has 1 unspecified atom stereocenters. The molecule has 140 valence electrons. The molecule has 28 heavy (non-hydrogen) atoms. The molecule has 6 nitrogen and oxygen atoms in total. The van der Waals surface area contributed by atoms with E-state index in [1.165, 1.54) is 0 Å². The van der Waals surface area contributed by atoms with Crippen molar-refractivity contribution in [1.29, 1.82) is 0 Å². The zero-order valence-corrected chi connectivity index (χ0v) is 15.1. The number of aliphatic hydroxyl groups excluding tert-OH is 1. The number of nitrogens with one attached hydrogen (secondary N) is 2. The van der Waals surface area contributed by atoms with Crippen molar-refractivity contribution in [1.82, 2.24) is 10.2 Å². The van der Waals surface area contributed by atoms with E-state index in [1.54, 1.807) is 6.20 Å². The number of para-hydroxylation sites is 1. The second-order valence-corrected chi connectivity index (χ2v) is 6.55. The molecule has 0 radical (unpaired) electrons. The van der Waals surface area contributed by atoms with Gasteiger partial charge in [0, 0.05) is 23.4 Å². The van der Waals surface area contributed by atoms with Gasteiger partial charge in [-0.1, -0.05) is 60.7 Å². The zero-order chi connectivity index (χ0) is 19.5. The van der Waals surface area contributed by atoms with Crippen LogP contribution in [0.1, 0.15) is 33.3 Å². The highest BCUT2D eigenvalue weighted by molar-refractivity contribution is 5.92. The monoisotopic (exact) mass is 372 g/mol. The average Bonchev–Trinajstić information content (AvgIpc) is 3.20. The van der Waals surface area contributed by atoms with Crippen LogP contribution in [0.3, 0.4) is 0 Å². The van der Waals surface area contributed by atoms with Crippen LogP contribution < -0.4 is 11.1 Å². The number of carbonyl (C=O) groups excluding carboxylic acids is 1. The molecule has 0 aliphatic heterocycles. The quantitative estimate of drug-likeness (QED) is 0.417. The number of aromatic amines is 1. The molecule has 1 amide bonds. The molecule has 1 aromatic heterocycles. The van der Waals surface area contributed by atoms with Crippen molar-refractivity contribution in [3.05, 3.63) is 95.3 Å². The Morgan fingerprint density at radius 1 is 1.04 bits per heavy atom. The lowest BCUT2D eigenvalue weighted by atomic mass is 9.95. The Morgan fingerprint density at radius 2 is 1.75 bits per heavy atom. The standard InChI is InChI=1S/C22H20N4O2/c23-22(28)20-15(13-25-26-20)12-24-19-11-4-3-9-18(19)21(27)17-10-5-7-14-6-1-2-8-16(14)17/h1-11,13,21,24,27H,12H2,(H2,23,28)(H,25,26). The summed E-state index contributed by atoms with van der Waals surface area (Å²) in [7, 11) is 0. The molecule has 0 aliphatic rings. The maximum atomic E-state index is 11.5. The Bertz CT molecular complexity index is 1130. The zero-order valence-electron chi connectivity index (χ0n) is 15.1. The first-order valence-electron chi connectivity index (χ1n) is 8.95. The first kappa shape index (κ1) is 17.8. The van der Waals surface area contributed by atoms with Gasteiger partial charge in [0.15, 0.2) is 0 Å². The summed E-state index contributed by atoms with van der Waals surface area (Å²) >= 11 is 0. The van der Waals surface area contributed by atoms with E-state index in [4.69, 9.17) is 5.73 Å². The van der Waals surface area contributed by atoms with Gasteiger partial charge in [-0.15, -0.1) is 0 Å². The second-order valence-electron chi connectivity index (χ2n) is 6.55. The summed E-state index contributed by atoms with van der Waals surface area (Å²) in [5, 5.41) is 23.0. The third-order valence-electron chi connectivity index (χ3n) is 4.81. The van der Waals surface area contributed by atoms with Crippen LogP contribution in [0.25, 0.3) is 10.8 Å². The van der Waals surface area contributed by atoms with Gasteiger partial charge in [-0.3, -0.25) is 9.89 Å². The molecule has 6 heteroatoms.